The summed E-state index contributed by atoms with van der Waals surface area (Å²) >= 11 is 3.19. The number of hydrogen-bond donors (Lipinski definition) is 1. The van der Waals surface area contributed by atoms with Crippen molar-refractivity contribution < 1.29 is 13.2 Å². The van der Waals surface area contributed by atoms with Crippen LogP contribution in [0, 0.1) is 0 Å². The summed E-state index contributed by atoms with van der Waals surface area (Å²) < 4.78 is 25.7. The fourth-order valence-corrected chi connectivity index (χ4v) is 4.85. The normalized spacial score (nSPS) is 11.6. The molecule has 8 heteroatoms. The van der Waals surface area contributed by atoms with Gasteiger partial charge in [0.15, 0.2) is 14.2 Å². The molecule has 0 fully saturated rings. The number of rotatable bonds is 6. The maximum atomic E-state index is 12.3. The highest BCUT2D eigenvalue weighted by atomic mass is 32.2. The number of sulfone groups is 1. The van der Waals surface area contributed by atoms with Crippen LogP contribution >= 0.6 is 23.1 Å². The van der Waals surface area contributed by atoms with Crippen LogP contribution in [0.25, 0.3) is 10.2 Å². The van der Waals surface area contributed by atoms with E-state index in [2.05, 4.69) is 10.3 Å². The van der Waals surface area contributed by atoms with Crippen molar-refractivity contribution in [1.82, 2.24) is 4.98 Å². The first-order chi connectivity index (χ1) is 12.4. The Morgan fingerprint density at radius 1 is 1.19 bits per heavy atom. The molecule has 0 atom stereocenters. The predicted molar refractivity (Wildman–Crippen MR) is 108 cm³/mol. The highest BCUT2D eigenvalue weighted by Gasteiger charge is 2.12. The maximum Gasteiger partial charge on any atom is 0.228 e. The van der Waals surface area contributed by atoms with Crippen LogP contribution < -0.4 is 5.32 Å². The molecule has 0 aliphatic rings. The van der Waals surface area contributed by atoms with E-state index in [0.717, 1.165) is 25.8 Å². The Hall–Kier alpha value is -1.90. The van der Waals surface area contributed by atoms with Gasteiger partial charge in [-0.3, -0.25) is 4.79 Å². The van der Waals surface area contributed by atoms with Crippen molar-refractivity contribution >= 4 is 54.7 Å². The number of nitrogens with zero attached hydrogens (tertiary/aromatic N) is 1. The number of carbonyl (C=O) groups is 1. The number of hydrogen-bond acceptors (Lipinski definition) is 6. The van der Waals surface area contributed by atoms with Gasteiger partial charge >= 0.3 is 0 Å². The SMILES string of the molecule is CCS(=O)(=O)c1ccc(CC(=O)Nc2ccc3nc(SC)sc3c2)cc1. The third-order valence-corrected chi connectivity index (χ3v) is 7.61. The summed E-state index contributed by atoms with van der Waals surface area (Å²) in [7, 11) is -3.22. The van der Waals surface area contributed by atoms with E-state index in [4.69, 9.17) is 0 Å². The van der Waals surface area contributed by atoms with Gasteiger partial charge in [-0.15, -0.1) is 11.3 Å². The summed E-state index contributed by atoms with van der Waals surface area (Å²) in [4.78, 5) is 17.0. The van der Waals surface area contributed by atoms with E-state index in [9.17, 15) is 13.2 Å². The van der Waals surface area contributed by atoms with Crippen LogP contribution in [-0.2, 0) is 21.1 Å². The van der Waals surface area contributed by atoms with Gasteiger partial charge < -0.3 is 5.32 Å². The lowest BCUT2D eigenvalue weighted by atomic mass is 10.1. The second kappa shape index (κ2) is 7.77. The van der Waals surface area contributed by atoms with E-state index in [-0.39, 0.29) is 23.0 Å². The Labute approximate surface area is 160 Å². The lowest BCUT2D eigenvalue weighted by molar-refractivity contribution is -0.115. The zero-order valence-electron chi connectivity index (χ0n) is 14.4. The van der Waals surface area contributed by atoms with Gasteiger partial charge in [0.1, 0.15) is 0 Å². The predicted octanol–water partition coefficient (Wildman–Crippen LogP) is 3.99. The molecule has 1 N–H and O–H groups in total. The van der Waals surface area contributed by atoms with Crippen LogP contribution in [0.5, 0.6) is 0 Å². The number of amides is 1. The molecule has 0 spiro atoms. The summed E-state index contributed by atoms with van der Waals surface area (Å²) in [5, 5.41) is 2.88. The topological polar surface area (TPSA) is 76.1 Å². The third kappa shape index (κ3) is 4.25. The van der Waals surface area contributed by atoms with Crippen molar-refractivity contribution in [2.75, 3.05) is 17.3 Å². The first kappa shape index (κ1) is 18.9. The molecule has 0 aliphatic carbocycles. The molecule has 0 aliphatic heterocycles. The summed E-state index contributed by atoms with van der Waals surface area (Å²) in [5.41, 5.74) is 2.41. The highest BCUT2D eigenvalue weighted by Crippen LogP contribution is 2.30. The molecule has 136 valence electrons. The van der Waals surface area contributed by atoms with Crippen LogP contribution in [0.1, 0.15) is 12.5 Å². The monoisotopic (exact) mass is 406 g/mol. The molecule has 0 radical (unpaired) electrons. The van der Waals surface area contributed by atoms with E-state index in [1.165, 1.54) is 0 Å². The van der Waals surface area contributed by atoms with Gasteiger partial charge in [0, 0.05) is 5.69 Å². The average Bonchev–Trinajstić information content (AvgIpc) is 3.04. The third-order valence-electron chi connectivity index (χ3n) is 3.85. The number of aromatic nitrogens is 1. The molecule has 5 nitrogen and oxygen atoms in total. The Balaban J connectivity index is 1.68. The Morgan fingerprint density at radius 3 is 2.58 bits per heavy atom. The fraction of sp³-hybridized carbons (Fsp3) is 0.222. The second-order valence-corrected chi connectivity index (χ2v) is 10.0. The van der Waals surface area contributed by atoms with Crippen molar-refractivity contribution in [2.24, 2.45) is 0 Å². The van der Waals surface area contributed by atoms with Crippen molar-refractivity contribution in [3.8, 4) is 0 Å². The van der Waals surface area contributed by atoms with Gasteiger partial charge in [0.25, 0.3) is 0 Å². The van der Waals surface area contributed by atoms with Crippen LogP contribution in [0.4, 0.5) is 5.69 Å². The molecule has 0 saturated carbocycles. The molecule has 0 unspecified atom stereocenters. The summed E-state index contributed by atoms with van der Waals surface area (Å²) in [6.07, 6.45) is 2.17. The second-order valence-electron chi connectivity index (χ2n) is 5.64. The first-order valence-electron chi connectivity index (χ1n) is 7.97. The van der Waals surface area contributed by atoms with Gasteiger partial charge in [-0.25, -0.2) is 13.4 Å². The number of carbonyl (C=O) groups excluding carboxylic acids is 1. The van der Waals surface area contributed by atoms with Gasteiger partial charge in [-0.2, -0.15) is 0 Å². The lowest BCUT2D eigenvalue weighted by Gasteiger charge is -2.06. The molecule has 1 amide bonds. The highest BCUT2D eigenvalue weighted by molar-refractivity contribution is 8.00. The molecule has 1 heterocycles. The number of anilines is 1. The standard InChI is InChI=1S/C18H18N2O3S3/c1-3-26(22,23)14-7-4-12(5-8-14)10-17(21)19-13-6-9-15-16(11-13)25-18(20-15)24-2/h4-9,11H,3,10H2,1-2H3,(H,19,21). The van der Waals surface area contributed by atoms with Crippen molar-refractivity contribution in [3.63, 3.8) is 0 Å². The number of thioether (sulfide) groups is 1. The zero-order chi connectivity index (χ0) is 18.7. The minimum Gasteiger partial charge on any atom is -0.326 e. The number of fused-ring (bicyclic) bond motifs is 1. The van der Waals surface area contributed by atoms with E-state index < -0.39 is 9.84 Å². The lowest BCUT2D eigenvalue weighted by Crippen LogP contribution is -2.14. The van der Waals surface area contributed by atoms with Crippen LogP contribution in [0.2, 0.25) is 0 Å². The van der Waals surface area contributed by atoms with Crippen LogP contribution in [0.15, 0.2) is 51.7 Å². The van der Waals surface area contributed by atoms with Crippen LogP contribution in [0.3, 0.4) is 0 Å². The number of benzene rings is 2. The fourth-order valence-electron chi connectivity index (χ4n) is 2.44. The van der Waals surface area contributed by atoms with Gasteiger partial charge in [-0.05, 0) is 42.2 Å². The molecule has 0 saturated heterocycles. The largest absolute Gasteiger partial charge is 0.326 e. The molecule has 26 heavy (non-hydrogen) atoms. The minimum absolute atomic E-state index is 0.0607. The maximum absolute atomic E-state index is 12.3. The summed E-state index contributed by atoms with van der Waals surface area (Å²) in [6.45, 7) is 1.61. The molecule has 1 aromatic heterocycles. The number of thiazole rings is 1. The van der Waals surface area contributed by atoms with Crippen LogP contribution in [-0.4, -0.2) is 31.3 Å². The Morgan fingerprint density at radius 2 is 1.92 bits per heavy atom. The minimum atomic E-state index is -3.22. The zero-order valence-corrected chi connectivity index (χ0v) is 16.8. The van der Waals surface area contributed by atoms with E-state index in [1.54, 1.807) is 54.3 Å². The molecule has 3 aromatic rings. The van der Waals surface area contributed by atoms with Gasteiger partial charge in [0.2, 0.25) is 5.91 Å². The molecular formula is C18H18N2O3S3. The summed E-state index contributed by atoms with van der Waals surface area (Å²) in [6, 6.07) is 12.1. The molecule has 3 rings (SSSR count). The first-order valence-corrected chi connectivity index (χ1v) is 11.7. The van der Waals surface area contributed by atoms with Crippen molar-refractivity contribution in [2.45, 2.75) is 22.6 Å². The number of nitrogens with one attached hydrogen (secondary N) is 1. The van der Waals surface area contributed by atoms with Gasteiger partial charge in [-0.1, -0.05) is 30.8 Å². The molecule has 2 aromatic carbocycles. The van der Waals surface area contributed by atoms with E-state index >= 15 is 0 Å². The Kier molecular flexibility index (Phi) is 5.64. The van der Waals surface area contributed by atoms with E-state index in [1.807, 2.05) is 24.5 Å². The van der Waals surface area contributed by atoms with Crippen molar-refractivity contribution in [3.05, 3.63) is 48.0 Å². The van der Waals surface area contributed by atoms with E-state index in [0.29, 0.717) is 0 Å². The van der Waals surface area contributed by atoms with Gasteiger partial charge in [0.05, 0.1) is 27.3 Å². The smallest absolute Gasteiger partial charge is 0.228 e. The quantitative estimate of drug-likeness (QED) is 0.626. The van der Waals surface area contributed by atoms with Crippen molar-refractivity contribution in [1.29, 1.82) is 0 Å². The summed E-state index contributed by atoms with van der Waals surface area (Å²) in [5.74, 6) is -0.0874. The molecule has 0 bridgehead atoms. The average molecular weight is 407 g/mol. The molecular weight excluding hydrogens is 388 g/mol. The Bertz CT molecular complexity index is 1040.